The molecule has 1 amide bonds. The molecular weight excluding hydrogens is 528 g/mol. The van der Waals surface area contributed by atoms with E-state index in [-0.39, 0.29) is 18.3 Å². The number of benzene rings is 3. The molecule has 4 rings (SSSR count). The highest BCUT2D eigenvalue weighted by Crippen LogP contribution is 2.27. The van der Waals surface area contributed by atoms with Crippen molar-refractivity contribution in [3.8, 4) is 17.2 Å². The van der Waals surface area contributed by atoms with Crippen LogP contribution in [0.15, 0.2) is 76.4 Å². The van der Waals surface area contributed by atoms with Crippen LogP contribution in [0.1, 0.15) is 17.0 Å². The molecule has 0 saturated carbocycles. The van der Waals surface area contributed by atoms with Gasteiger partial charge >= 0.3 is 0 Å². The quantitative estimate of drug-likeness (QED) is 0.258. The van der Waals surface area contributed by atoms with Crippen LogP contribution in [-0.2, 0) is 11.4 Å². The van der Waals surface area contributed by atoms with Crippen LogP contribution in [0.4, 0.5) is 5.69 Å². The fourth-order valence-corrected chi connectivity index (χ4v) is 4.66. The van der Waals surface area contributed by atoms with E-state index in [9.17, 15) is 4.79 Å². The van der Waals surface area contributed by atoms with Gasteiger partial charge in [0.05, 0.1) is 18.6 Å². The van der Waals surface area contributed by atoms with Crippen molar-refractivity contribution in [2.75, 3.05) is 18.2 Å². The Balaban J connectivity index is 1.52. The highest BCUT2D eigenvalue weighted by Gasteiger charge is 2.17. The molecule has 0 saturated heterocycles. The molecule has 1 heterocycles. The summed E-state index contributed by atoms with van der Waals surface area (Å²) in [5.74, 6) is 2.16. The van der Waals surface area contributed by atoms with Crippen molar-refractivity contribution in [1.29, 1.82) is 0 Å². The van der Waals surface area contributed by atoms with Crippen molar-refractivity contribution < 1.29 is 14.3 Å². The number of anilines is 1. The van der Waals surface area contributed by atoms with Gasteiger partial charge < -0.3 is 14.8 Å². The van der Waals surface area contributed by atoms with Crippen LogP contribution in [0.5, 0.6) is 11.5 Å². The first-order chi connectivity index (χ1) is 16.9. The van der Waals surface area contributed by atoms with Crippen LogP contribution in [-0.4, -0.2) is 33.5 Å². The standard InChI is InChI=1S/C26H25BrN4O3S/c1-17-4-9-21(10-5-17)34-15-24-29-30-26(31(24)19-7-11-20(33-3)12-8-19)35-16-25(32)28-23-13-6-18(2)14-22(23)27/h4-14H,15-16H2,1-3H3,(H,28,32). The van der Waals surface area contributed by atoms with Crippen molar-refractivity contribution in [3.63, 3.8) is 0 Å². The van der Waals surface area contributed by atoms with Gasteiger partial charge in [-0.3, -0.25) is 9.36 Å². The maximum Gasteiger partial charge on any atom is 0.234 e. The minimum absolute atomic E-state index is 0.138. The van der Waals surface area contributed by atoms with E-state index in [1.807, 2.05) is 85.1 Å². The topological polar surface area (TPSA) is 78.3 Å². The molecule has 0 unspecified atom stereocenters. The molecule has 0 atom stereocenters. The Morgan fingerprint density at radius 2 is 1.66 bits per heavy atom. The number of aryl methyl sites for hydroxylation is 2. The highest BCUT2D eigenvalue weighted by molar-refractivity contribution is 9.10. The maximum atomic E-state index is 12.6. The Kier molecular flexibility index (Phi) is 8.09. The van der Waals surface area contributed by atoms with E-state index < -0.39 is 0 Å². The first-order valence-electron chi connectivity index (χ1n) is 10.9. The summed E-state index contributed by atoms with van der Waals surface area (Å²) in [4.78, 5) is 12.6. The van der Waals surface area contributed by atoms with Crippen LogP contribution in [0.25, 0.3) is 5.69 Å². The number of nitrogens with one attached hydrogen (secondary N) is 1. The lowest BCUT2D eigenvalue weighted by Gasteiger charge is -2.12. The van der Waals surface area contributed by atoms with E-state index in [1.165, 1.54) is 11.8 Å². The van der Waals surface area contributed by atoms with E-state index in [2.05, 4.69) is 31.4 Å². The van der Waals surface area contributed by atoms with Crippen LogP contribution in [0.3, 0.4) is 0 Å². The second-order valence-corrected chi connectivity index (χ2v) is 9.65. The first kappa shape index (κ1) is 24.8. The zero-order chi connectivity index (χ0) is 24.8. The molecule has 0 spiro atoms. The van der Waals surface area contributed by atoms with Gasteiger partial charge in [0.2, 0.25) is 5.91 Å². The van der Waals surface area contributed by atoms with Gasteiger partial charge in [0.1, 0.15) is 18.1 Å². The Labute approximate surface area is 217 Å². The van der Waals surface area contributed by atoms with Crippen molar-refractivity contribution in [3.05, 3.63) is 88.2 Å². The molecule has 35 heavy (non-hydrogen) atoms. The Hall–Kier alpha value is -3.30. The lowest BCUT2D eigenvalue weighted by molar-refractivity contribution is -0.113. The third kappa shape index (κ3) is 6.43. The fraction of sp³-hybridized carbons (Fsp3) is 0.192. The third-order valence-corrected chi connectivity index (χ3v) is 6.74. The third-order valence-electron chi connectivity index (χ3n) is 5.15. The number of hydrogen-bond donors (Lipinski definition) is 1. The highest BCUT2D eigenvalue weighted by atomic mass is 79.9. The summed E-state index contributed by atoms with van der Waals surface area (Å²) in [5, 5.41) is 12.2. The van der Waals surface area contributed by atoms with Gasteiger partial charge in [0, 0.05) is 10.2 Å². The van der Waals surface area contributed by atoms with Gasteiger partial charge in [-0.1, -0.05) is 35.5 Å². The Bertz CT molecular complexity index is 1310. The molecule has 180 valence electrons. The van der Waals surface area contributed by atoms with Gasteiger partial charge in [-0.25, -0.2) is 0 Å². The summed E-state index contributed by atoms with van der Waals surface area (Å²) in [7, 11) is 1.63. The average Bonchev–Trinajstić information content (AvgIpc) is 3.27. The minimum atomic E-state index is -0.138. The van der Waals surface area contributed by atoms with Crippen molar-refractivity contribution in [1.82, 2.24) is 14.8 Å². The Morgan fingerprint density at radius 3 is 2.34 bits per heavy atom. The predicted molar refractivity (Wildman–Crippen MR) is 142 cm³/mol. The smallest absolute Gasteiger partial charge is 0.234 e. The van der Waals surface area contributed by atoms with Crippen LogP contribution < -0.4 is 14.8 Å². The number of carbonyl (C=O) groups is 1. The fourth-order valence-electron chi connectivity index (χ4n) is 3.30. The number of aromatic nitrogens is 3. The van der Waals surface area contributed by atoms with E-state index in [0.717, 1.165) is 38.5 Å². The van der Waals surface area contributed by atoms with Crippen molar-refractivity contribution in [2.24, 2.45) is 0 Å². The van der Waals surface area contributed by atoms with Gasteiger partial charge in [-0.2, -0.15) is 0 Å². The average molecular weight is 553 g/mol. The van der Waals surface area contributed by atoms with Crippen LogP contribution in [0, 0.1) is 13.8 Å². The van der Waals surface area contributed by atoms with Gasteiger partial charge in [-0.15, -0.1) is 10.2 Å². The number of halogens is 1. The van der Waals surface area contributed by atoms with Crippen molar-refractivity contribution >= 4 is 39.3 Å². The second kappa shape index (κ2) is 11.4. The summed E-state index contributed by atoms with van der Waals surface area (Å²) >= 11 is 4.80. The second-order valence-electron chi connectivity index (χ2n) is 7.85. The molecule has 3 aromatic carbocycles. The molecule has 9 heteroatoms. The maximum absolute atomic E-state index is 12.6. The van der Waals surface area contributed by atoms with Gasteiger partial charge in [-0.05, 0) is 83.9 Å². The first-order valence-corrected chi connectivity index (χ1v) is 12.7. The van der Waals surface area contributed by atoms with Crippen molar-refractivity contribution in [2.45, 2.75) is 25.6 Å². The van der Waals surface area contributed by atoms with Gasteiger partial charge in [0.25, 0.3) is 0 Å². The molecule has 0 fully saturated rings. The number of thioether (sulfide) groups is 1. The van der Waals surface area contributed by atoms with E-state index in [0.29, 0.717) is 11.0 Å². The normalized spacial score (nSPS) is 10.7. The van der Waals surface area contributed by atoms with E-state index in [4.69, 9.17) is 9.47 Å². The number of amides is 1. The van der Waals surface area contributed by atoms with E-state index in [1.54, 1.807) is 7.11 Å². The monoisotopic (exact) mass is 552 g/mol. The summed E-state index contributed by atoms with van der Waals surface area (Å²) in [6, 6.07) is 21.2. The molecule has 0 aliphatic carbocycles. The summed E-state index contributed by atoms with van der Waals surface area (Å²) < 4.78 is 14.0. The molecule has 7 nitrogen and oxygen atoms in total. The predicted octanol–water partition coefficient (Wildman–Crippen LogP) is 5.97. The molecular formula is C26H25BrN4O3S. The molecule has 0 radical (unpaired) electrons. The number of methoxy groups -OCH3 is 1. The zero-order valence-electron chi connectivity index (χ0n) is 19.6. The summed E-state index contributed by atoms with van der Waals surface area (Å²) in [5.41, 5.74) is 3.85. The number of carbonyl (C=O) groups excluding carboxylic acids is 1. The largest absolute Gasteiger partial charge is 0.497 e. The molecule has 1 aromatic heterocycles. The molecule has 0 bridgehead atoms. The number of rotatable bonds is 9. The molecule has 4 aromatic rings. The minimum Gasteiger partial charge on any atom is -0.497 e. The Morgan fingerprint density at radius 1 is 0.971 bits per heavy atom. The summed E-state index contributed by atoms with van der Waals surface area (Å²) in [6.07, 6.45) is 0. The zero-order valence-corrected chi connectivity index (χ0v) is 22.0. The van der Waals surface area contributed by atoms with E-state index >= 15 is 0 Å². The SMILES string of the molecule is COc1ccc(-n2c(COc3ccc(C)cc3)nnc2SCC(=O)Nc2ccc(C)cc2Br)cc1. The number of nitrogens with zero attached hydrogens (tertiary/aromatic N) is 3. The number of ether oxygens (including phenoxy) is 2. The summed E-state index contributed by atoms with van der Waals surface area (Å²) in [6.45, 7) is 4.25. The molecule has 1 N–H and O–H groups in total. The lowest BCUT2D eigenvalue weighted by atomic mass is 10.2. The van der Waals surface area contributed by atoms with Gasteiger partial charge in [0.15, 0.2) is 11.0 Å². The molecule has 0 aliphatic rings. The van der Waals surface area contributed by atoms with Crippen LogP contribution in [0.2, 0.25) is 0 Å². The van der Waals surface area contributed by atoms with Crippen LogP contribution >= 0.6 is 27.7 Å². The lowest BCUT2D eigenvalue weighted by Crippen LogP contribution is -2.15. The number of hydrogen-bond acceptors (Lipinski definition) is 6. The molecule has 0 aliphatic heterocycles.